The number of aromatic nitrogens is 3. The molecule has 0 bridgehead atoms. The van der Waals surface area contributed by atoms with Crippen molar-refractivity contribution in [3.63, 3.8) is 0 Å². The number of rotatable bonds is 2. The fourth-order valence-electron chi connectivity index (χ4n) is 3.60. The summed E-state index contributed by atoms with van der Waals surface area (Å²) in [4.78, 5) is 30.8. The Labute approximate surface area is 139 Å². The smallest absolute Gasteiger partial charge is 0.270 e. The molecule has 0 radical (unpaired) electrons. The highest BCUT2D eigenvalue weighted by Crippen LogP contribution is 2.23. The van der Waals surface area contributed by atoms with E-state index in [1.807, 2.05) is 0 Å². The molecule has 4 heterocycles. The number of piperidine rings is 1. The predicted octanol–water partition coefficient (Wildman–Crippen LogP) is -0.0422. The van der Waals surface area contributed by atoms with Crippen LogP contribution in [0.2, 0.25) is 0 Å². The lowest BCUT2D eigenvalue weighted by molar-refractivity contribution is 0.183. The molecule has 0 aromatic carbocycles. The molecule has 1 unspecified atom stereocenters. The molecule has 23 heavy (non-hydrogen) atoms. The zero-order valence-electron chi connectivity index (χ0n) is 12.7. The van der Waals surface area contributed by atoms with Crippen LogP contribution in [0.4, 0.5) is 0 Å². The van der Waals surface area contributed by atoms with E-state index in [9.17, 15) is 9.59 Å². The van der Waals surface area contributed by atoms with Gasteiger partial charge < -0.3 is 10.6 Å². The van der Waals surface area contributed by atoms with Crippen LogP contribution in [0.5, 0.6) is 0 Å². The zero-order valence-corrected chi connectivity index (χ0v) is 13.5. The largest absolute Gasteiger partial charge is 0.328 e. The molecule has 8 heteroatoms. The maximum Gasteiger partial charge on any atom is 0.270 e. The Hall–Kier alpha value is -1.70. The molecule has 4 rings (SSSR count). The molecule has 7 nitrogen and oxygen atoms in total. The summed E-state index contributed by atoms with van der Waals surface area (Å²) in [5.74, 6) is 0. The summed E-state index contributed by atoms with van der Waals surface area (Å²) in [6.45, 7) is 3.21. The number of likely N-dealkylation sites (tertiary alicyclic amines) is 1. The average Bonchev–Trinajstić information content (AvgIpc) is 2.89. The van der Waals surface area contributed by atoms with Crippen molar-refractivity contribution in [2.75, 3.05) is 19.6 Å². The molecule has 2 aromatic rings. The molecule has 1 fully saturated rings. The Balaban J connectivity index is 0.00000156. The molecule has 1 atom stereocenters. The number of nitrogens with two attached hydrogens (primary N) is 1. The van der Waals surface area contributed by atoms with E-state index >= 15 is 0 Å². The third kappa shape index (κ3) is 2.69. The van der Waals surface area contributed by atoms with Crippen molar-refractivity contribution >= 4 is 23.6 Å². The zero-order chi connectivity index (χ0) is 15.3. The summed E-state index contributed by atoms with van der Waals surface area (Å²) < 4.78 is 3.41. The minimum absolute atomic E-state index is 0. The molecule has 0 amide bonds. The van der Waals surface area contributed by atoms with Gasteiger partial charge in [0.15, 0.2) is 0 Å². The average molecular weight is 338 g/mol. The predicted molar refractivity (Wildman–Crippen MR) is 90.2 cm³/mol. The van der Waals surface area contributed by atoms with Gasteiger partial charge in [0.05, 0.1) is 12.2 Å². The van der Waals surface area contributed by atoms with Crippen LogP contribution in [-0.2, 0) is 6.54 Å². The van der Waals surface area contributed by atoms with Gasteiger partial charge in [0.25, 0.3) is 11.1 Å². The summed E-state index contributed by atoms with van der Waals surface area (Å²) in [5, 5.41) is 0. The lowest BCUT2D eigenvalue weighted by Gasteiger charge is -2.32. The Kier molecular flexibility index (Phi) is 4.27. The van der Waals surface area contributed by atoms with Gasteiger partial charge in [-0.3, -0.25) is 18.7 Å². The normalized spacial score (nSPS) is 21.5. The summed E-state index contributed by atoms with van der Waals surface area (Å²) in [6.07, 6.45) is 3.32. The van der Waals surface area contributed by atoms with E-state index in [2.05, 4.69) is 9.88 Å². The van der Waals surface area contributed by atoms with Gasteiger partial charge in [0, 0.05) is 25.2 Å². The first-order chi connectivity index (χ1) is 10.6. The van der Waals surface area contributed by atoms with Gasteiger partial charge in [0.1, 0.15) is 11.2 Å². The molecule has 2 N–H and O–H groups in total. The first-order valence-corrected chi connectivity index (χ1v) is 7.72. The van der Waals surface area contributed by atoms with Crippen molar-refractivity contribution in [1.82, 2.24) is 19.0 Å². The fourth-order valence-corrected chi connectivity index (χ4v) is 3.60. The molecular formula is C15H20ClN5O2. The summed E-state index contributed by atoms with van der Waals surface area (Å²) >= 11 is 0. The van der Waals surface area contributed by atoms with Crippen LogP contribution in [0.25, 0.3) is 11.2 Å². The topological polar surface area (TPSA) is 86.2 Å². The van der Waals surface area contributed by atoms with Gasteiger partial charge in [-0.15, -0.1) is 12.4 Å². The van der Waals surface area contributed by atoms with Crippen molar-refractivity contribution in [2.24, 2.45) is 5.73 Å². The van der Waals surface area contributed by atoms with Gasteiger partial charge in [-0.2, -0.15) is 0 Å². The first-order valence-electron chi connectivity index (χ1n) is 7.72. The second kappa shape index (κ2) is 6.07. The number of pyridine rings is 1. The van der Waals surface area contributed by atoms with E-state index in [4.69, 9.17) is 5.73 Å². The summed E-state index contributed by atoms with van der Waals surface area (Å²) in [5.41, 5.74) is 7.08. The van der Waals surface area contributed by atoms with Gasteiger partial charge in [-0.1, -0.05) is 0 Å². The maximum absolute atomic E-state index is 12.3. The summed E-state index contributed by atoms with van der Waals surface area (Å²) in [6, 6.07) is 3.48. The van der Waals surface area contributed by atoms with Crippen LogP contribution >= 0.6 is 12.4 Å². The van der Waals surface area contributed by atoms with Gasteiger partial charge in [0.2, 0.25) is 0 Å². The van der Waals surface area contributed by atoms with Crippen LogP contribution in [0.1, 0.15) is 18.9 Å². The minimum atomic E-state index is -0.136. The highest BCUT2D eigenvalue weighted by atomic mass is 35.5. The Morgan fingerprint density at radius 2 is 1.91 bits per heavy atom. The molecule has 2 aromatic heterocycles. The Morgan fingerprint density at radius 1 is 1.17 bits per heavy atom. The van der Waals surface area contributed by atoms with Gasteiger partial charge in [-0.25, -0.2) is 4.98 Å². The second-order valence-electron chi connectivity index (χ2n) is 6.25. The van der Waals surface area contributed by atoms with Gasteiger partial charge in [-0.05, 0) is 32.0 Å². The number of halogens is 1. The van der Waals surface area contributed by atoms with Crippen molar-refractivity contribution in [2.45, 2.75) is 31.5 Å². The molecule has 124 valence electrons. The molecule has 0 saturated carbocycles. The number of hydrogen-bond donors (Lipinski definition) is 1. The van der Waals surface area contributed by atoms with Crippen LogP contribution in [0.15, 0.2) is 27.9 Å². The van der Waals surface area contributed by atoms with E-state index in [-0.39, 0.29) is 35.6 Å². The highest BCUT2D eigenvalue weighted by Gasteiger charge is 2.29. The van der Waals surface area contributed by atoms with Crippen LogP contribution in [-0.4, -0.2) is 44.7 Å². The quantitative estimate of drug-likeness (QED) is 0.831. The van der Waals surface area contributed by atoms with E-state index in [1.165, 1.54) is 12.3 Å². The number of hydrogen-bond acceptors (Lipinski definition) is 5. The SMILES string of the molecule is Cl.NC1CCN(CC2Cn3c(=O)ccc4ncc(=O)n2c43)CC1. The van der Waals surface area contributed by atoms with Crippen molar-refractivity contribution in [1.29, 1.82) is 0 Å². The van der Waals surface area contributed by atoms with E-state index in [0.717, 1.165) is 32.5 Å². The Bertz CT molecular complexity index is 833. The lowest BCUT2D eigenvalue weighted by atomic mass is 10.1. The highest BCUT2D eigenvalue weighted by molar-refractivity contribution is 5.85. The van der Waals surface area contributed by atoms with Crippen molar-refractivity contribution < 1.29 is 0 Å². The number of nitrogens with zero attached hydrogens (tertiary/aromatic N) is 4. The van der Waals surface area contributed by atoms with E-state index in [1.54, 1.807) is 15.2 Å². The third-order valence-corrected chi connectivity index (χ3v) is 4.77. The monoisotopic (exact) mass is 337 g/mol. The van der Waals surface area contributed by atoms with Crippen molar-refractivity contribution in [3.8, 4) is 0 Å². The molecule has 0 spiro atoms. The van der Waals surface area contributed by atoms with E-state index < -0.39 is 0 Å². The first kappa shape index (κ1) is 16.2. The summed E-state index contributed by atoms with van der Waals surface area (Å²) in [7, 11) is 0. The fraction of sp³-hybridized carbons (Fsp3) is 0.533. The third-order valence-electron chi connectivity index (χ3n) is 4.77. The van der Waals surface area contributed by atoms with E-state index in [0.29, 0.717) is 17.7 Å². The van der Waals surface area contributed by atoms with Crippen LogP contribution in [0, 0.1) is 0 Å². The minimum Gasteiger partial charge on any atom is -0.328 e. The van der Waals surface area contributed by atoms with Crippen LogP contribution in [0.3, 0.4) is 0 Å². The molecular weight excluding hydrogens is 318 g/mol. The standard InChI is InChI=1S/C15H19N5O2.ClH/c16-10-3-5-18(6-4-10)8-11-9-19-13(21)2-1-12-15(19)20(11)14(22)7-17-12;/h1-2,7,10-11H,3-6,8-9,16H2;1H. The molecule has 2 aliphatic rings. The maximum atomic E-state index is 12.3. The second-order valence-corrected chi connectivity index (χ2v) is 6.25. The molecule has 2 aliphatic heterocycles. The van der Waals surface area contributed by atoms with Crippen molar-refractivity contribution in [3.05, 3.63) is 39.0 Å². The molecule has 0 aliphatic carbocycles. The van der Waals surface area contributed by atoms with Gasteiger partial charge >= 0.3 is 0 Å². The molecule has 1 saturated heterocycles. The Morgan fingerprint density at radius 3 is 2.65 bits per heavy atom. The lowest BCUT2D eigenvalue weighted by Crippen LogP contribution is -2.43. The van der Waals surface area contributed by atoms with Crippen LogP contribution < -0.4 is 16.9 Å².